The minimum absolute atomic E-state index is 0.0605. The third-order valence-electron chi connectivity index (χ3n) is 7.49. The molecule has 10 heteroatoms. The highest BCUT2D eigenvalue weighted by molar-refractivity contribution is 5.94. The Balaban J connectivity index is 1.42. The first-order valence-corrected chi connectivity index (χ1v) is 13.2. The molecule has 1 saturated heterocycles. The van der Waals surface area contributed by atoms with Crippen LogP contribution in [0, 0.1) is 18.8 Å². The monoisotopic (exact) mass is 533 g/mol. The number of nitrogens with one attached hydrogen (secondary N) is 2. The van der Waals surface area contributed by atoms with E-state index in [0.717, 1.165) is 11.1 Å². The Morgan fingerprint density at radius 2 is 1.82 bits per heavy atom. The number of rotatable bonds is 6. The van der Waals surface area contributed by atoms with Crippen LogP contribution in [0.3, 0.4) is 0 Å². The van der Waals surface area contributed by atoms with E-state index in [4.69, 9.17) is 9.72 Å². The van der Waals surface area contributed by atoms with Gasteiger partial charge in [0.2, 0.25) is 5.95 Å². The molecule has 2 unspecified atom stereocenters. The summed E-state index contributed by atoms with van der Waals surface area (Å²) in [5, 5.41) is 16.4. The number of aromatic nitrogens is 2. The predicted octanol–water partition coefficient (Wildman–Crippen LogP) is 4.07. The quantitative estimate of drug-likeness (QED) is 0.433. The van der Waals surface area contributed by atoms with Crippen molar-refractivity contribution in [2.24, 2.45) is 18.9 Å². The number of carboxylic acid groups (broad SMARTS) is 1. The van der Waals surface area contributed by atoms with Crippen molar-refractivity contribution < 1.29 is 19.4 Å². The molecule has 2 aliphatic rings. The average Bonchev–Trinajstić information content (AvgIpc) is 3.27. The number of benzene rings is 2. The Hall–Kier alpha value is -4.08. The van der Waals surface area contributed by atoms with E-state index >= 15 is 0 Å². The number of aromatic carboxylic acids is 1. The molecule has 1 saturated carbocycles. The van der Waals surface area contributed by atoms with Gasteiger partial charge >= 0.3 is 12.1 Å². The fourth-order valence-corrected chi connectivity index (χ4v) is 5.61. The van der Waals surface area contributed by atoms with Gasteiger partial charge in [0, 0.05) is 49.3 Å². The smallest absolute Gasteiger partial charge is 0.407 e. The Morgan fingerprint density at radius 1 is 1.15 bits per heavy atom. The average molecular weight is 534 g/mol. The van der Waals surface area contributed by atoms with Gasteiger partial charge in [-0.1, -0.05) is 18.2 Å². The van der Waals surface area contributed by atoms with Crippen molar-refractivity contribution in [1.82, 2.24) is 14.9 Å². The predicted molar refractivity (Wildman–Crippen MR) is 150 cm³/mol. The van der Waals surface area contributed by atoms with Crippen LogP contribution in [0.5, 0.6) is 0 Å². The summed E-state index contributed by atoms with van der Waals surface area (Å²) in [4.78, 5) is 44.5. The van der Waals surface area contributed by atoms with Crippen LogP contribution in [0.1, 0.15) is 55.2 Å². The lowest BCUT2D eigenvalue weighted by Gasteiger charge is -2.25. The molecule has 0 bridgehead atoms. The summed E-state index contributed by atoms with van der Waals surface area (Å²) < 4.78 is 6.98. The molecule has 10 nitrogen and oxygen atoms in total. The fraction of sp³-hybridized carbons (Fsp3) is 0.448. The normalized spacial score (nSPS) is 20.9. The number of anilines is 2. The van der Waals surface area contributed by atoms with Gasteiger partial charge < -0.3 is 25.4 Å². The molecule has 5 rings (SSSR count). The highest BCUT2D eigenvalue weighted by atomic mass is 16.6. The number of carbonyl (C=O) groups excluding carboxylic acids is 1. The zero-order valence-corrected chi connectivity index (χ0v) is 23.1. The van der Waals surface area contributed by atoms with E-state index in [0.29, 0.717) is 35.6 Å². The molecule has 1 aliphatic carbocycles. The second-order valence-corrected chi connectivity index (χ2v) is 11.6. The summed E-state index contributed by atoms with van der Waals surface area (Å²) in [5.74, 6) is 0.117. The van der Waals surface area contributed by atoms with Gasteiger partial charge in [0.1, 0.15) is 5.60 Å². The molecule has 1 aliphatic heterocycles. The second-order valence-electron chi connectivity index (χ2n) is 11.6. The fourth-order valence-electron chi connectivity index (χ4n) is 5.61. The highest BCUT2D eigenvalue weighted by Gasteiger charge is 2.57. The number of nitrogens with zero attached hydrogens (tertiary/aromatic N) is 3. The van der Waals surface area contributed by atoms with Crippen molar-refractivity contribution in [2.45, 2.75) is 52.3 Å². The van der Waals surface area contributed by atoms with Crippen LogP contribution in [-0.4, -0.2) is 51.5 Å². The van der Waals surface area contributed by atoms with Gasteiger partial charge in [-0.3, -0.25) is 9.36 Å². The standard InChI is InChI=1S/C29H35N5O5/c1-15-11-18(16(2)30-22-10-8-7-9-17(22)26(36)37)23-19(12-15)25(35)33(6)27(31-23)34-13-20-21(14-34)24(20)32-28(38)39-29(3,4)5/h7-12,16,20-21,24,30H,13-14H2,1-6H3,(H,32,38)(H,36,37)/t16?,20-,21+,24?. The first kappa shape index (κ1) is 26.5. The van der Waals surface area contributed by atoms with Gasteiger partial charge in [-0.15, -0.1) is 0 Å². The van der Waals surface area contributed by atoms with Crippen LogP contribution in [0.4, 0.5) is 16.4 Å². The lowest BCUT2D eigenvalue weighted by Crippen LogP contribution is -2.39. The first-order chi connectivity index (χ1) is 18.3. The van der Waals surface area contributed by atoms with Crippen molar-refractivity contribution in [2.75, 3.05) is 23.3 Å². The van der Waals surface area contributed by atoms with Gasteiger partial charge in [0.15, 0.2) is 0 Å². The number of carboxylic acids is 1. The molecule has 2 aromatic carbocycles. The van der Waals surface area contributed by atoms with Gasteiger partial charge in [-0.2, -0.15) is 0 Å². The Bertz CT molecular complexity index is 1510. The van der Waals surface area contributed by atoms with Gasteiger partial charge in [-0.25, -0.2) is 14.6 Å². The van der Waals surface area contributed by atoms with E-state index in [9.17, 15) is 19.5 Å². The van der Waals surface area contributed by atoms with E-state index in [2.05, 4.69) is 15.5 Å². The molecule has 2 fully saturated rings. The van der Waals surface area contributed by atoms with E-state index in [1.165, 1.54) is 0 Å². The van der Waals surface area contributed by atoms with Crippen LogP contribution in [0.15, 0.2) is 41.2 Å². The first-order valence-electron chi connectivity index (χ1n) is 13.2. The van der Waals surface area contributed by atoms with E-state index < -0.39 is 17.7 Å². The van der Waals surface area contributed by atoms with Crippen molar-refractivity contribution >= 4 is 34.6 Å². The molecule has 1 amide bonds. The molecular weight excluding hydrogens is 498 g/mol. The molecule has 4 atom stereocenters. The van der Waals surface area contributed by atoms with Crippen LogP contribution >= 0.6 is 0 Å². The molecule has 0 spiro atoms. The van der Waals surface area contributed by atoms with Crippen LogP contribution in [-0.2, 0) is 11.8 Å². The maximum Gasteiger partial charge on any atom is 0.407 e. The Morgan fingerprint density at radius 3 is 2.46 bits per heavy atom. The number of amides is 1. The summed E-state index contributed by atoms with van der Waals surface area (Å²) in [6, 6.07) is 10.3. The van der Waals surface area contributed by atoms with Crippen LogP contribution < -0.4 is 21.1 Å². The maximum absolute atomic E-state index is 13.5. The number of aryl methyl sites for hydroxylation is 1. The molecule has 3 N–H and O–H groups in total. The number of hydrogen-bond acceptors (Lipinski definition) is 7. The number of ether oxygens (including phenoxy) is 1. The SMILES string of the molecule is Cc1cc(C(C)Nc2ccccc2C(=O)O)c2nc(N3C[C@@H]4C(NC(=O)OC(C)(C)C)[C@@H]4C3)n(C)c(=O)c2c1. The molecule has 39 heavy (non-hydrogen) atoms. The summed E-state index contributed by atoms with van der Waals surface area (Å²) in [6.45, 7) is 10.7. The number of fused-ring (bicyclic) bond motifs is 2. The summed E-state index contributed by atoms with van der Waals surface area (Å²) in [5.41, 5.74) is 2.32. The molecule has 1 aromatic heterocycles. The zero-order valence-electron chi connectivity index (χ0n) is 23.1. The van der Waals surface area contributed by atoms with E-state index in [1.807, 2.05) is 46.8 Å². The lowest BCUT2D eigenvalue weighted by molar-refractivity contribution is 0.0517. The summed E-state index contributed by atoms with van der Waals surface area (Å²) in [7, 11) is 1.73. The number of piperidine rings is 1. The second kappa shape index (κ2) is 9.59. The minimum Gasteiger partial charge on any atom is -0.478 e. The van der Waals surface area contributed by atoms with E-state index in [-0.39, 0.29) is 35.0 Å². The Kier molecular flexibility index (Phi) is 6.52. The molecule has 3 aromatic rings. The lowest BCUT2D eigenvalue weighted by atomic mass is 10.0. The van der Waals surface area contributed by atoms with Crippen LogP contribution in [0.25, 0.3) is 10.9 Å². The van der Waals surface area contributed by atoms with E-state index in [1.54, 1.807) is 35.9 Å². The third-order valence-corrected chi connectivity index (χ3v) is 7.49. The minimum atomic E-state index is -1.01. The van der Waals surface area contributed by atoms with Crippen molar-refractivity contribution in [3.8, 4) is 0 Å². The topological polar surface area (TPSA) is 126 Å². The number of hydrogen-bond donors (Lipinski definition) is 3. The number of carbonyl (C=O) groups is 2. The van der Waals surface area contributed by atoms with Crippen molar-refractivity contribution in [3.63, 3.8) is 0 Å². The number of alkyl carbamates (subject to hydrolysis) is 1. The molecular formula is C29H35N5O5. The van der Waals surface area contributed by atoms with Gasteiger partial charge in [0.05, 0.1) is 22.5 Å². The summed E-state index contributed by atoms with van der Waals surface area (Å²) in [6.07, 6.45) is -0.407. The van der Waals surface area contributed by atoms with Crippen molar-refractivity contribution in [1.29, 1.82) is 0 Å². The van der Waals surface area contributed by atoms with Gasteiger partial charge in [-0.05, 0) is 58.4 Å². The molecule has 2 heterocycles. The molecule has 206 valence electrons. The summed E-state index contributed by atoms with van der Waals surface area (Å²) >= 11 is 0. The van der Waals surface area contributed by atoms with Crippen molar-refractivity contribution in [3.05, 3.63) is 63.4 Å². The third kappa shape index (κ3) is 5.15. The Labute approximate surface area is 227 Å². The number of para-hydroxylation sites is 1. The molecule has 0 radical (unpaired) electrons. The highest BCUT2D eigenvalue weighted by Crippen LogP contribution is 2.46. The van der Waals surface area contributed by atoms with Gasteiger partial charge in [0.25, 0.3) is 5.56 Å². The van der Waals surface area contributed by atoms with Crippen LogP contribution in [0.2, 0.25) is 0 Å². The largest absolute Gasteiger partial charge is 0.478 e. The maximum atomic E-state index is 13.5. The zero-order chi connectivity index (χ0) is 28.2.